The molecule has 2 aliphatic rings. The Labute approximate surface area is 138 Å². The molecule has 10 heteroatoms. The van der Waals surface area contributed by atoms with Crippen molar-refractivity contribution in [3.8, 4) is 0 Å². The molecule has 0 aromatic carbocycles. The van der Waals surface area contributed by atoms with Gasteiger partial charge in [-0.15, -0.1) is 5.10 Å². The number of carbonyl (C=O) groups is 1. The Kier molecular flexibility index (Phi) is 4.03. The molecule has 0 saturated carbocycles. The summed E-state index contributed by atoms with van der Waals surface area (Å²) < 4.78 is 5.31. The van der Waals surface area contributed by atoms with Crippen molar-refractivity contribution < 1.29 is 9.53 Å². The van der Waals surface area contributed by atoms with Crippen LogP contribution in [0.25, 0.3) is 0 Å². The Morgan fingerprint density at radius 2 is 2.12 bits per heavy atom. The van der Waals surface area contributed by atoms with Crippen molar-refractivity contribution in [3.05, 3.63) is 23.8 Å². The van der Waals surface area contributed by atoms with Crippen LogP contribution in [-0.4, -0.2) is 73.8 Å². The molecule has 1 amide bonds. The molecule has 0 spiro atoms. The third-order valence-corrected chi connectivity index (χ3v) is 4.23. The molecule has 10 nitrogen and oxygen atoms in total. The van der Waals surface area contributed by atoms with E-state index in [1.165, 1.54) is 4.80 Å². The molecule has 0 unspecified atom stereocenters. The number of rotatable bonds is 3. The predicted octanol–water partition coefficient (Wildman–Crippen LogP) is -1.12. The standard InChI is InChI=1S/C14H18N8O2/c23-13(21-2-1-12-11(8-21)7-15-10-16-12)9-22-18-14(17-19-22)20-3-5-24-6-4-20/h7,10H,1-6,8-9H2. The topological polar surface area (TPSA) is 102 Å². The number of hydrogen-bond donors (Lipinski definition) is 0. The SMILES string of the molecule is O=C(Cn1nnc(N2CCOCC2)n1)N1CCc2ncncc2C1. The lowest BCUT2D eigenvalue weighted by atomic mass is 10.1. The Balaban J connectivity index is 1.39. The van der Waals surface area contributed by atoms with Crippen LogP contribution in [0.4, 0.5) is 5.95 Å². The highest BCUT2D eigenvalue weighted by Gasteiger charge is 2.23. The molecular weight excluding hydrogens is 312 g/mol. The molecule has 2 aromatic rings. The van der Waals surface area contributed by atoms with Gasteiger partial charge in [-0.25, -0.2) is 9.97 Å². The van der Waals surface area contributed by atoms with Crippen molar-refractivity contribution in [3.63, 3.8) is 0 Å². The molecule has 0 radical (unpaired) electrons. The highest BCUT2D eigenvalue weighted by atomic mass is 16.5. The monoisotopic (exact) mass is 330 g/mol. The number of amides is 1. The Morgan fingerprint density at radius 3 is 3.00 bits per heavy atom. The van der Waals surface area contributed by atoms with E-state index in [9.17, 15) is 4.79 Å². The molecule has 126 valence electrons. The minimum atomic E-state index is -0.0320. The van der Waals surface area contributed by atoms with E-state index in [-0.39, 0.29) is 12.5 Å². The summed E-state index contributed by atoms with van der Waals surface area (Å²) in [5, 5.41) is 12.3. The van der Waals surface area contributed by atoms with Crippen LogP contribution in [0.1, 0.15) is 11.3 Å². The lowest BCUT2D eigenvalue weighted by molar-refractivity contribution is -0.133. The van der Waals surface area contributed by atoms with Gasteiger partial charge in [-0.05, 0) is 5.21 Å². The molecule has 2 aromatic heterocycles. The molecular formula is C14H18N8O2. The molecule has 1 fully saturated rings. The van der Waals surface area contributed by atoms with Crippen molar-refractivity contribution in [1.82, 2.24) is 35.1 Å². The first kappa shape index (κ1) is 14.9. The summed E-state index contributed by atoms with van der Waals surface area (Å²) in [6.45, 7) is 4.05. The van der Waals surface area contributed by atoms with Gasteiger partial charge < -0.3 is 14.5 Å². The quantitative estimate of drug-likeness (QED) is 0.698. The first-order valence-electron chi connectivity index (χ1n) is 7.95. The zero-order valence-electron chi connectivity index (χ0n) is 13.2. The van der Waals surface area contributed by atoms with Crippen LogP contribution >= 0.6 is 0 Å². The molecule has 2 aliphatic heterocycles. The van der Waals surface area contributed by atoms with Crippen molar-refractivity contribution >= 4 is 11.9 Å². The van der Waals surface area contributed by atoms with Crippen LogP contribution in [-0.2, 0) is 29.0 Å². The second-order valence-electron chi connectivity index (χ2n) is 5.78. The third kappa shape index (κ3) is 3.04. The van der Waals surface area contributed by atoms with Crippen molar-refractivity contribution in [2.24, 2.45) is 0 Å². The summed E-state index contributed by atoms with van der Waals surface area (Å²) >= 11 is 0. The molecule has 4 rings (SSSR count). The van der Waals surface area contributed by atoms with Crippen molar-refractivity contribution in [1.29, 1.82) is 0 Å². The van der Waals surface area contributed by atoms with Crippen LogP contribution in [0.15, 0.2) is 12.5 Å². The minimum absolute atomic E-state index is 0.0320. The predicted molar refractivity (Wildman–Crippen MR) is 82.0 cm³/mol. The van der Waals surface area contributed by atoms with Gasteiger partial charge in [-0.2, -0.15) is 4.80 Å². The summed E-state index contributed by atoms with van der Waals surface area (Å²) in [7, 11) is 0. The van der Waals surface area contributed by atoms with Gasteiger partial charge in [0.05, 0.1) is 18.9 Å². The normalized spacial score (nSPS) is 17.7. The third-order valence-electron chi connectivity index (χ3n) is 4.23. The molecule has 0 N–H and O–H groups in total. The van der Waals surface area contributed by atoms with Crippen molar-refractivity contribution in [2.75, 3.05) is 37.7 Å². The molecule has 0 aliphatic carbocycles. The maximum Gasteiger partial charge on any atom is 0.266 e. The zero-order valence-corrected chi connectivity index (χ0v) is 13.2. The van der Waals surface area contributed by atoms with E-state index in [1.807, 2.05) is 4.90 Å². The summed E-state index contributed by atoms with van der Waals surface area (Å²) in [6, 6.07) is 0. The molecule has 0 bridgehead atoms. The first-order valence-corrected chi connectivity index (χ1v) is 7.95. The minimum Gasteiger partial charge on any atom is -0.378 e. The number of anilines is 1. The summed E-state index contributed by atoms with van der Waals surface area (Å²) in [4.78, 5) is 25.9. The lowest BCUT2D eigenvalue weighted by Gasteiger charge is -2.27. The fourth-order valence-electron chi connectivity index (χ4n) is 2.89. The van der Waals surface area contributed by atoms with Gasteiger partial charge in [-0.3, -0.25) is 4.79 Å². The number of ether oxygens (including phenoxy) is 1. The maximum absolute atomic E-state index is 12.5. The molecule has 1 saturated heterocycles. The maximum atomic E-state index is 12.5. The number of carbonyl (C=O) groups excluding carboxylic acids is 1. The van der Waals surface area contributed by atoms with Crippen LogP contribution in [0.5, 0.6) is 0 Å². The van der Waals surface area contributed by atoms with Crippen LogP contribution in [0.3, 0.4) is 0 Å². The molecule has 0 atom stereocenters. The fraction of sp³-hybridized carbons (Fsp3) is 0.571. The first-order chi connectivity index (χ1) is 11.8. The van der Waals surface area contributed by atoms with Gasteiger partial charge in [-0.1, -0.05) is 5.10 Å². The number of nitrogens with zero attached hydrogens (tertiary/aromatic N) is 8. The summed E-state index contributed by atoms with van der Waals surface area (Å²) in [6.07, 6.45) is 4.06. The number of aromatic nitrogens is 6. The average molecular weight is 330 g/mol. The number of tetrazole rings is 1. The van der Waals surface area contributed by atoms with E-state index in [2.05, 4.69) is 25.4 Å². The van der Waals surface area contributed by atoms with Gasteiger partial charge in [0.15, 0.2) is 0 Å². The van der Waals surface area contributed by atoms with Gasteiger partial charge in [0.25, 0.3) is 5.95 Å². The van der Waals surface area contributed by atoms with Gasteiger partial charge in [0.2, 0.25) is 5.91 Å². The van der Waals surface area contributed by atoms with E-state index in [0.29, 0.717) is 32.3 Å². The highest BCUT2D eigenvalue weighted by molar-refractivity contribution is 5.76. The van der Waals surface area contributed by atoms with Gasteiger partial charge in [0.1, 0.15) is 12.9 Å². The lowest BCUT2D eigenvalue weighted by Crippen LogP contribution is -2.39. The van der Waals surface area contributed by atoms with Crippen LogP contribution in [0, 0.1) is 0 Å². The van der Waals surface area contributed by atoms with Crippen molar-refractivity contribution in [2.45, 2.75) is 19.5 Å². The van der Waals surface area contributed by atoms with E-state index < -0.39 is 0 Å². The highest BCUT2D eigenvalue weighted by Crippen LogP contribution is 2.15. The number of morpholine rings is 1. The number of hydrogen-bond acceptors (Lipinski definition) is 8. The van der Waals surface area contributed by atoms with Crippen LogP contribution in [0.2, 0.25) is 0 Å². The average Bonchev–Trinajstić information content (AvgIpc) is 3.10. The molecule has 24 heavy (non-hydrogen) atoms. The fourth-order valence-corrected chi connectivity index (χ4v) is 2.89. The largest absolute Gasteiger partial charge is 0.378 e. The van der Waals surface area contributed by atoms with Gasteiger partial charge >= 0.3 is 0 Å². The Bertz CT molecular complexity index is 727. The smallest absolute Gasteiger partial charge is 0.266 e. The summed E-state index contributed by atoms with van der Waals surface area (Å²) in [5.41, 5.74) is 2.01. The molecule has 4 heterocycles. The van der Waals surface area contributed by atoms with E-state index in [4.69, 9.17) is 4.74 Å². The number of fused-ring (bicyclic) bond motifs is 1. The zero-order chi connectivity index (χ0) is 16.4. The van der Waals surface area contributed by atoms with Crippen LogP contribution < -0.4 is 4.90 Å². The second-order valence-corrected chi connectivity index (χ2v) is 5.78. The Morgan fingerprint density at radius 1 is 1.25 bits per heavy atom. The van der Waals surface area contributed by atoms with Gasteiger partial charge in [0, 0.05) is 44.4 Å². The summed E-state index contributed by atoms with van der Waals surface area (Å²) in [5.74, 6) is 0.513. The Hall–Kier alpha value is -2.62. The van der Waals surface area contributed by atoms with E-state index in [0.717, 1.165) is 30.8 Å². The second kappa shape index (κ2) is 6.48. The van der Waals surface area contributed by atoms with E-state index in [1.54, 1.807) is 17.4 Å². The van der Waals surface area contributed by atoms with E-state index >= 15 is 0 Å².